The van der Waals surface area contributed by atoms with Crippen molar-refractivity contribution in [1.82, 2.24) is 0 Å². The molecule has 8 heteroatoms. The quantitative estimate of drug-likeness (QED) is 0.0501. The molecule has 7 nitrogen and oxygen atoms in total. The van der Waals surface area contributed by atoms with Crippen LogP contribution in [0, 0.1) is 0 Å². The van der Waals surface area contributed by atoms with Gasteiger partial charge in [-0.3, -0.25) is 14.1 Å². The molecule has 0 saturated carbocycles. The Balaban J connectivity index is 3.75. The number of carbonyl (C=O) groups excluding carboxylic acids is 2. The zero-order valence-electron chi connectivity index (χ0n) is 25.1. The molecule has 0 aromatic rings. The van der Waals surface area contributed by atoms with Gasteiger partial charge in [0.2, 0.25) is 0 Å². The van der Waals surface area contributed by atoms with Crippen LogP contribution in [0.25, 0.3) is 0 Å². The van der Waals surface area contributed by atoms with Gasteiger partial charge in [0.15, 0.2) is 6.10 Å². The van der Waals surface area contributed by atoms with Crippen molar-refractivity contribution in [3.63, 3.8) is 0 Å². The molecule has 0 fully saturated rings. The first-order chi connectivity index (χ1) is 19.1. The van der Waals surface area contributed by atoms with Gasteiger partial charge < -0.3 is 15.2 Å². The number of hydrogen-bond acceptors (Lipinski definition) is 7. The number of esters is 2. The van der Waals surface area contributed by atoms with Crippen molar-refractivity contribution in [2.24, 2.45) is 5.73 Å². The molecule has 0 saturated heterocycles. The number of nitrogens with two attached hydrogens (primary N) is 1. The topological polar surface area (TPSA) is 105 Å². The van der Waals surface area contributed by atoms with Gasteiger partial charge in [0, 0.05) is 12.8 Å². The zero-order chi connectivity index (χ0) is 28.7. The van der Waals surface area contributed by atoms with Gasteiger partial charge in [0.05, 0.1) is 0 Å². The van der Waals surface area contributed by atoms with Gasteiger partial charge in [-0.25, -0.2) is 4.57 Å². The lowest BCUT2D eigenvalue weighted by atomic mass is 10.0. The van der Waals surface area contributed by atoms with Crippen LogP contribution in [0.2, 0.25) is 0 Å². The smallest absolute Gasteiger partial charge is 0.327 e. The molecular formula is C31H60NO6P. The summed E-state index contributed by atoms with van der Waals surface area (Å²) in [5.41, 5.74) is 5.52. The van der Waals surface area contributed by atoms with E-state index in [1.807, 2.05) is 0 Å². The second-order valence-electron chi connectivity index (χ2n) is 10.9. The minimum absolute atomic E-state index is 0.0594. The summed E-state index contributed by atoms with van der Waals surface area (Å²) in [6.45, 7) is 2.91. The maximum absolute atomic E-state index is 12.2. The Morgan fingerprint density at radius 1 is 0.590 bits per heavy atom. The fourth-order valence-electron chi connectivity index (χ4n) is 4.67. The van der Waals surface area contributed by atoms with E-state index in [2.05, 4.69) is 6.92 Å². The van der Waals surface area contributed by atoms with Crippen LogP contribution < -0.4 is 5.73 Å². The molecule has 0 radical (unpaired) electrons. The Kier molecular flexibility index (Phi) is 30.6. The van der Waals surface area contributed by atoms with Crippen molar-refractivity contribution < 1.29 is 28.2 Å². The first kappa shape index (κ1) is 38.0. The van der Waals surface area contributed by atoms with Crippen LogP contribution in [0.3, 0.4) is 0 Å². The summed E-state index contributed by atoms with van der Waals surface area (Å²) in [5.74, 6) is -0.617. The van der Waals surface area contributed by atoms with E-state index in [4.69, 9.17) is 19.7 Å². The van der Waals surface area contributed by atoms with Crippen LogP contribution in [0.15, 0.2) is 0 Å². The molecule has 2 N–H and O–H groups in total. The summed E-state index contributed by atoms with van der Waals surface area (Å²) in [6, 6.07) is 0. The molecular weight excluding hydrogens is 513 g/mol. The van der Waals surface area contributed by atoms with E-state index in [1.54, 1.807) is 0 Å². The lowest BCUT2D eigenvalue weighted by Crippen LogP contribution is -2.28. The average molecular weight is 574 g/mol. The van der Waals surface area contributed by atoms with E-state index in [0.29, 0.717) is 12.8 Å². The Bertz CT molecular complexity index is 563. The molecule has 0 heterocycles. The molecule has 0 amide bonds. The number of rotatable bonds is 31. The van der Waals surface area contributed by atoms with Crippen molar-refractivity contribution in [2.45, 2.75) is 167 Å². The number of hydrogen-bond donors (Lipinski definition) is 1. The van der Waals surface area contributed by atoms with Crippen LogP contribution in [0.5, 0.6) is 0 Å². The van der Waals surface area contributed by atoms with Gasteiger partial charge in [0.1, 0.15) is 13.2 Å². The van der Waals surface area contributed by atoms with Gasteiger partial charge in [-0.2, -0.15) is 0 Å². The highest BCUT2D eigenvalue weighted by atomic mass is 31.1. The minimum Gasteiger partial charge on any atom is -0.462 e. The molecule has 0 unspecified atom stereocenters. The van der Waals surface area contributed by atoms with Crippen molar-refractivity contribution in [2.75, 3.05) is 19.8 Å². The Morgan fingerprint density at radius 3 is 1.44 bits per heavy atom. The van der Waals surface area contributed by atoms with E-state index in [0.717, 1.165) is 51.5 Å². The highest BCUT2D eigenvalue weighted by Gasteiger charge is 2.17. The first-order valence-corrected chi connectivity index (χ1v) is 16.9. The van der Waals surface area contributed by atoms with Crippen LogP contribution in [-0.4, -0.2) is 37.8 Å². The number of unbranched alkanes of at least 4 members (excludes halogenated alkanes) is 20. The van der Waals surface area contributed by atoms with Crippen LogP contribution in [0.4, 0.5) is 0 Å². The lowest BCUT2D eigenvalue weighted by molar-refractivity contribution is -0.160. The molecule has 0 bridgehead atoms. The SMILES string of the molecule is CCCCCCCCCCCC(=O)O[C@@H](COP=O)COC(=O)CCCCCCCCCCCCCCCN. The highest BCUT2D eigenvalue weighted by molar-refractivity contribution is 7.17. The third-order valence-electron chi connectivity index (χ3n) is 7.11. The molecule has 0 aliphatic carbocycles. The maximum atomic E-state index is 12.2. The largest absolute Gasteiger partial charge is 0.462 e. The van der Waals surface area contributed by atoms with E-state index < -0.39 is 14.8 Å². The molecule has 0 rings (SSSR count). The number of carbonyl (C=O) groups is 2. The Hall–Kier alpha value is -1.04. The third kappa shape index (κ3) is 29.8. The van der Waals surface area contributed by atoms with Gasteiger partial charge in [-0.1, -0.05) is 129 Å². The van der Waals surface area contributed by atoms with Gasteiger partial charge in [-0.05, 0) is 25.8 Å². The molecule has 230 valence electrons. The summed E-state index contributed by atoms with van der Waals surface area (Å²) in [7, 11) is -0.485. The summed E-state index contributed by atoms with van der Waals surface area (Å²) < 4.78 is 26.2. The molecule has 0 aromatic carbocycles. The van der Waals surface area contributed by atoms with E-state index in [1.165, 1.54) is 96.3 Å². The third-order valence-corrected chi connectivity index (χ3v) is 7.37. The van der Waals surface area contributed by atoms with Gasteiger partial charge >= 0.3 is 20.6 Å². The fourth-order valence-corrected chi connectivity index (χ4v) is 4.90. The lowest BCUT2D eigenvalue weighted by Gasteiger charge is -2.16. The summed E-state index contributed by atoms with van der Waals surface area (Å²) in [4.78, 5) is 24.3. The van der Waals surface area contributed by atoms with Crippen molar-refractivity contribution in [3.05, 3.63) is 0 Å². The average Bonchev–Trinajstić information content (AvgIpc) is 2.93. The van der Waals surface area contributed by atoms with Gasteiger partial charge in [-0.15, -0.1) is 0 Å². The van der Waals surface area contributed by atoms with Crippen LogP contribution >= 0.6 is 8.69 Å². The summed E-state index contributed by atoms with van der Waals surface area (Å²) in [6.07, 6.45) is 26.4. The molecule has 0 spiro atoms. The number of ether oxygens (including phenoxy) is 2. The summed E-state index contributed by atoms with van der Waals surface area (Å²) in [5, 5.41) is 0. The first-order valence-electron chi connectivity index (χ1n) is 16.1. The van der Waals surface area contributed by atoms with Crippen molar-refractivity contribution in [3.8, 4) is 0 Å². The second-order valence-corrected chi connectivity index (χ2v) is 11.3. The zero-order valence-corrected chi connectivity index (χ0v) is 26.0. The van der Waals surface area contributed by atoms with E-state index >= 15 is 0 Å². The molecule has 39 heavy (non-hydrogen) atoms. The monoisotopic (exact) mass is 573 g/mol. The Morgan fingerprint density at radius 2 is 1.00 bits per heavy atom. The predicted molar refractivity (Wildman–Crippen MR) is 160 cm³/mol. The standard InChI is InChI=1S/C31H60NO6P/c1-2-3-4-5-6-12-16-19-22-25-31(34)38-29(28-37-39-35)27-36-30(33)24-21-18-15-13-10-8-7-9-11-14-17-20-23-26-32/h29H,2-28,32H2,1H3/t29-/m1/s1. The minimum atomic E-state index is -0.729. The normalized spacial score (nSPS) is 12.1. The van der Waals surface area contributed by atoms with Crippen LogP contribution in [-0.2, 0) is 28.2 Å². The molecule has 1 atom stereocenters. The van der Waals surface area contributed by atoms with Crippen molar-refractivity contribution in [1.29, 1.82) is 0 Å². The van der Waals surface area contributed by atoms with Crippen LogP contribution in [0.1, 0.15) is 161 Å². The second kappa shape index (κ2) is 31.5. The van der Waals surface area contributed by atoms with E-state index in [-0.39, 0.29) is 25.2 Å². The Labute approximate surface area is 241 Å². The molecule has 0 aromatic heterocycles. The van der Waals surface area contributed by atoms with Crippen molar-refractivity contribution >= 4 is 20.6 Å². The van der Waals surface area contributed by atoms with Gasteiger partial charge in [0.25, 0.3) is 0 Å². The molecule has 0 aliphatic heterocycles. The summed E-state index contributed by atoms with van der Waals surface area (Å²) >= 11 is 0. The maximum Gasteiger partial charge on any atom is 0.327 e. The highest BCUT2D eigenvalue weighted by Crippen LogP contribution is 2.14. The fraction of sp³-hybridized carbons (Fsp3) is 0.935. The van der Waals surface area contributed by atoms with E-state index in [9.17, 15) is 14.2 Å². The predicted octanol–water partition coefficient (Wildman–Crippen LogP) is 9.01. The molecule has 0 aliphatic rings.